The second-order valence-corrected chi connectivity index (χ2v) is 6.27. The van der Waals surface area contributed by atoms with Crippen LogP contribution in [0.5, 0.6) is 0 Å². The molecule has 2 N–H and O–H groups in total. The Morgan fingerprint density at radius 3 is 2.74 bits per heavy atom. The molecule has 0 bridgehead atoms. The van der Waals surface area contributed by atoms with Crippen molar-refractivity contribution in [3.63, 3.8) is 0 Å². The van der Waals surface area contributed by atoms with E-state index in [4.69, 9.17) is 5.73 Å². The SMILES string of the molecule is CC(c1ccc(Br)cc1)n1ccc2c1CCCC2N. The Morgan fingerprint density at radius 1 is 1.26 bits per heavy atom. The van der Waals surface area contributed by atoms with Gasteiger partial charge in [-0.2, -0.15) is 0 Å². The second kappa shape index (κ2) is 5.14. The minimum absolute atomic E-state index is 0.224. The standard InChI is InChI=1S/C16H19BrN2/c1-11(12-5-7-13(17)8-6-12)19-10-9-14-15(18)3-2-4-16(14)19/h5-11,15H,2-4,18H2,1H3. The molecule has 19 heavy (non-hydrogen) atoms. The number of rotatable bonds is 2. The first-order chi connectivity index (χ1) is 9.16. The van der Waals surface area contributed by atoms with Crippen LogP contribution in [0.25, 0.3) is 0 Å². The lowest BCUT2D eigenvalue weighted by atomic mass is 9.93. The summed E-state index contributed by atoms with van der Waals surface area (Å²) in [6, 6.07) is 11.4. The van der Waals surface area contributed by atoms with Crippen molar-refractivity contribution < 1.29 is 0 Å². The number of fused-ring (bicyclic) bond motifs is 1. The predicted octanol–water partition coefficient (Wildman–Crippen LogP) is 4.20. The monoisotopic (exact) mass is 318 g/mol. The van der Waals surface area contributed by atoms with Crippen LogP contribution in [-0.2, 0) is 6.42 Å². The highest BCUT2D eigenvalue weighted by Crippen LogP contribution is 2.32. The molecular weight excluding hydrogens is 300 g/mol. The van der Waals surface area contributed by atoms with Crippen molar-refractivity contribution >= 4 is 15.9 Å². The van der Waals surface area contributed by atoms with Crippen LogP contribution in [0.3, 0.4) is 0 Å². The Balaban J connectivity index is 1.96. The molecule has 2 nitrogen and oxygen atoms in total. The third-order valence-corrected chi connectivity index (χ3v) is 4.69. The maximum Gasteiger partial charge on any atom is 0.0554 e. The number of nitrogens with zero attached hydrogens (tertiary/aromatic N) is 1. The van der Waals surface area contributed by atoms with E-state index in [2.05, 4.69) is 63.9 Å². The molecule has 1 aliphatic carbocycles. The van der Waals surface area contributed by atoms with E-state index in [-0.39, 0.29) is 6.04 Å². The molecule has 0 aliphatic heterocycles. The Morgan fingerprint density at radius 2 is 2.00 bits per heavy atom. The molecule has 0 amide bonds. The van der Waals surface area contributed by atoms with E-state index < -0.39 is 0 Å². The van der Waals surface area contributed by atoms with Gasteiger partial charge in [-0.05, 0) is 55.5 Å². The number of aromatic nitrogens is 1. The smallest absolute Gasteiger partial charge is 0.0554 e. The zero-order valence-corrected chi connectivity index (χ0v) is 12.7. The molecule has 2 atom stereocenters. The van der Waals surface area contributed by atoms with E-state index in [9.17, 15) is 0 Å². The van der Waals surface area contributed by atoms with Crippen molar-refractivity contribution in [2.24, 2.45) is 5.73 Å². The van der Waals surface area contributed by atoms with Crippen LogP contribution >= 0.6 is 15.9 Å². The van der Waals surface area contributed by atoms with Gasteiger partial charge in [0, 0.05) is 22.4 Å². The van der Waals surface area contributed by atoms with Gasteiger partial charge in [-0.3, -0.25) is 0 Å². The lowest BCUT2D eigenvalue weighted by Gasteiger charge is -2.24. The molecule has 1 aromatic carbocycles. The van der Waals surface area contributed by atoms with Gasteiger partial charge in [0.05, 0.1) is 6.04 Å². The molecule has 0 fully saturated rings. The van der Waals surface area contributed by atoms with Crippen molar-refractivity contribution in [3.8, 4) is 0 Å². The zero-order chi connectivity index (χ0) is 13.4. The van der Waals surface area contributed by atoms with E-state index in [0.717, 1.165) is 17.3 Å². The summed E-state index contributed by atoms with van der Waals surface area (Å²) >= 11 is 3.49. The normalized spacial score (nSPS) is 20.1. The molecule has 0 spiro atoms. The molecule has 0 saturated carbocycles. The first kappa shape index (κ1) is 12.9. The highest BCUT2D eigenvalue weighted by atomic mass is 79.9. The van der Waals surface area contributed by atoms with Crippen LogP contribution in [0.1, 0.15) is 48.7 Å². The molecule has 3 heteroatoms. The first-order valence-electron chi connectivity index (χ1n) is 6.87. The maximum absolute atomic E-state index is 6.20. The predicted molar refractivity (Wildman–Crippen MR) is 82.3 cm³/mol. The van der Waals surface area contributed by atoms with Gasteiger partial charge in [0.25, 0.3) is 0 Å². The van der Waals surface area contributed by atoms with Crippen molar-refractivity contribution in [3.05, 3.63) is 57.8 Å². The number of hydrogen-bond acceptors (Lipinski definition) is 1. The highest BCUT2D eigenvalue weighted by molar-refractivity contribution is 9.10. The van der Waals surface area contributed by atoms with Crippen molar-refractivity contribution in [1.82, 2.24) is 4.57 Å². The van der Waals surface area contributed by atoms with Gasteiger partial charge >= 0.3 is 0 Å². The van der Waals surface area contributed by atoms with Crippen molar-refractivity contribution in [2.75, 3.05) is 0 Å². The van der Waals surface area contributed by atoms with Crippen LogP contribution in [0, 0.1) is 0 Å². The van der Waals surface area contributed by atoms with Crippen LogP contribution in [0.2, 0.25) is 0 Å². The molecule has 1 aromatic heterocycles. The van der Waals surface area contributed by atoms with E-state index in [1.165, 1.54) is 23.2 Å². The minimum Gasteiger partial charge on any atom is -0.344 e. The minimum atomic E-state index is 0.224. The Labute approximate surface area is 122 Å². The third kappa shape index (κ3) is 2.37. The summed E-state index contributed by atoms with van der Waals surface area (Å²) in [5.74, 6) is 0. The van der Waals surface area contributed by atoms with Crippen LogP contribution in [0.15, 0.2) is 41.0 Å². The van der Waals surface area contributed by atoms with E-state index in [0.29, 0.717) is 6.04 Å². The summed E-state index contributed by atoms with van der Waals surface area (Å²) in [7, 11) is 0. The van der Waals surface area contributed by atoms with Crippen LogP contribution < -0.4 is 5.73 Å². The van der Waals surface area contributed by atoms with Gasteiger partial charge in [0.2, 0.25) is 0 Å². The molecule has 3 rings (SSSR count). The van der Waals surface area contributed by atoms with Gasteiger partial charge in [0.15, 0.2) is 0 Å². The molecule has 100 valence electrons. The molecular formula is C16H19BrN2. The summed E-state index contributed by atoms with van der Waals surface area (Å²) < 4.78 is 3.51. The molecule has 1 heterocycles. The number of halogens is 1. The van der Waals surface area contributed by atoms with Gasteiger partial charge in [-0.25, -0.2) is 0 Å². The largest absolute Gasteiger partial charge is 0.344 e. The van der Waals surface area contributed by atoms with Gasteiger partial charge in [-0.1, -0.05) is 28.1 Å². The second-order valence-electron chi connectivity index (χ2n) is 5.35. The van der Waals surface area contributed by atoms with Gasteiger partial charge in [-0.15, -0.1) is 0 Å². The molecule has 2 aromatic rings. The summed E-state index contributed by atoms with van der Waals surface area (Å²) in [5, 5.41) is 0. The first-order valence-corrected chi connectivity index (χ1v) is 7.67. The number of hydrogen-bond donors (Lipinski definition) is 1. The Bertz CT molecular complexity index is 571. The van der Waals surface area contributed by atoms with E-state index >= 15 is 0 Å². The topological polar surface area (TPSA) is 30.9 Å². The van der Waals surface area contributed by atoms with E-state index in [1.807, 2.05) is 0 Å². The molecule has 2 unspecified atom stereocenters. The quantitative estimate of drug-likeness (QED) is 0.884. The molecule has 0 radical (unpaired) electrons. The van der Waals surface area contributed by atoms with Gasteiger partial charge in [0.1, 0.15) is 0 Å². The lowest BCUT2D eigenvalue weighted by molar-refractivity contribution is 0.525. The fourth-order valence-electron chi connectivity index (χ4n) is 3.02. The summed E-state index contributed by atoms with van der Waals surface area (Å²) in [6.07, 6.45) is 5.66. The van der Waals surface area contributed by atoms with Crippen LogP contribution in [0.4, 0.5) is 0 Å². The van der Waals surface area contributed by atoms with Gasteiger partial charge < -0.3 is 10.3 Å². The fraction of sp³-hybridized carbons (Fsp3) is 0.375. The van der Waals surface area contributed by atoms with Crippen LogP contribution in [-0.4, -0.2) is 4.57 Å². The molecule has 1 aliphatic rings. The summed E-state index contributed by atoms with van der Waals surface area (Å²) in [5.41, 5.74) is 10.3. The van der Waals surface area contributed by atoms with Crippen molar-refractivity contribution in [1.29, 1.82) is 0 Å². The molecule has 0 saturated heterocycles. The summed E-state index contributed by atoms with van der Waals surface area (Å²) in [6.45, 7) is 2.25. The van der Waals surface area contributed by atoms with Crippen molar-refractivity contribution in [2.45, 2.75) is 38.3 Å². The maximum atomic E-state index is 6.20. The third-order valence-electron chi connectivity index (χ3n) is 4.16. The average molecular weight is 319 g/mol. The summed E-state index contributed by atoms with van der Waals surface area (Å²) in [4.78, 5) is 0. The Kier molecular flexibility index (Phi) is 3.50. The fourth-order valence-corrected chi connectivity index (χ4v) is 3.28. The average Bonchev–Trinajstić information content (AvgIpc) is 2.84. The van der Waals surface area contributed by atoms with E-state index in [1.54, 1.807) is 0 Å². The lowest BCUT2D eigenvalue weighted by Crippen LogP contribution is -2.19. The highest BCUT2D eigenvalue weighted by Gasteiger charge is 2.22. The Hall–Kier alpha value is -1.06. The number of benzene rings is 1. The number of nitrogens with two attached hydrogens (primary N) is 1. The zero-order valence-electron chi connectivity index (χ0n) is 11.1.